The highest BCUT2D eigenvalue weighted by molar-refractivity contribution is 6.35. The number of aromatic nitrogens is 16. The number of terminal acetylenes is 1. The fourth-order valence-corrected chi connectivity index (χ4v) is 9.72. The minimum atomic E-state index is -0.604. The summed E-state index contributed by atoms with van der Waals surface area (Å²) in [6, 6.07) is 17.5. The largest absolute Gasteiger partial charge is 0.381 e. The van der Waals surface area contributed by atoms with Crippen LogP contribution in [-0.2, 0) is 35.2 Å². The van der Waals surface area contributed by atoms with Gasteiger partial charge in [0.15, 0.2) is 22.9 Å². The Morgan fingerprint density at radius 3 is 1.38 bits per heavy atom. The van der Waals surface area contributed by atoms with E-state index in [1.165, 1.54) is 22.7 Å². The average molecular weight is 1260 g/mol. The number of hydrogen-bond acceptors (Lipinski definition) is 17. The highest BCUT2D eigenvalue weighted by atomic mass is 35.5. The Morgan fingerprint density at radius 1 is 0.567 bits per heavy atom. The fourth-order valence-electron chi connectivity index (χ4n) is 9.22. The Morgan fingerprint density at radius 2 is 0.967 bits per heavy atom. The van der Waals surface area contributed by atoms with E-state index in [4.69, 9.17) is 46.8 Å². The van der Waals surface area contributed by atoms with Crippen molar-refractivity contribution >= 4 is 90.7 Å². The lowest BCUT2D eigenvalue weighted by Gasteiger charge is -2.17. The van der Waals surface area contributed by atoms with Gasteiger partial charge in [0.25, 0.3) is 28.5 Å². The van der Waals surface area contributed by atoms with E-state index in [0.717, 1.165) is 11.1 Å². The molecule has 3 atom stereocenters. The molecule has 0 radical (unpaired) electrons. The van der Waals surface area contributed by atoms with Crippen LogP contribution in [0.4, 0.5) is 11.6 Å². The Labute approximate surface area is 526 Å². The van der Waals surface area contributed by atoms with Gasteiger partial charge < -0.3 is 27.8 Å². The van der Waals surface area contributed by atoms with Gasteiger partial charge in [-0.1, -0.05) is 81.4 Å². The third-order valence-corrected chi connectivity index (χ3v) is 14.0. The van der Waals surface area contributed by atoms with Crippen LogP contribution in [0.2, 0.25) is 10.0 Å². The fraction of sp³-hybridized carbons (Fsp3) is 0.226. The summed E-state index contributed by atoms with van der Waals surface area (Å²) < 4.78 is 10.4. The minimum Gasteiger partial charge on any atom is -0.381 e. The Hall–Kier alpha value is -11.1. The summed E-state index contributed by atoms with van der Waals surface area (Å²) >= 11 is 12.1. The van der Waals surface area contributed by atoms with E-state index >= 15 is 0 Å². The second-order valence-electron chi connectivity index (χ2n) is 19.6. The molecule has 0 aliphatic heterocycles. The zero-order valence-electron chi connectivity index (χ0n) is 48.0. The van der Waals surface area contributed by atoms with Crippen molar-refractivity contribution in [1.82, 2.24) is 88.0 Å². The molecule has 0 aliphatic rings. The summed E-state index contributed by atoms with van der Waals surface area (Å²) in [6.07, 6.45) is 18.4. The van der Waals surface area contributed by atoms with Gasteiger partial charge in [-0.25, -0.2) is 34.0 Å². The molecule has 0 spiro atoms. The molecule has 9 aromatic heterocycles. The lowest BCUT2D eigenvalue weighted by Crippen LogP contribution is -2.33. The van der Waals surface area contributed by atoms with Gasteiger partial charge in [-0.3, -0.25) is 47.0 Å². The number of amides is 2. The average Bonchev–Trinajstić information content (AvgIpc) is 1.12. The molecule has 0 saturated carbocycles. The molecule has 0 bridgehead atoms. The van der Waals surface area contributed by atoms with Crippen molar-refractivity contribution in [3.05, 3.63) is 203 Å². The number of carbonyl (C=O) groups is 2. The zero-order chi connectivity index (χ0) is 62.5. The lowest BCUT2D eigenvalue weighted by molar-refractivity contribution is 0.0931. The summed E-state index contributed by atoms with van der Waals surface area (Å²) in [5.41, 5.74) is 21.6. The Balaban J connectivity index is 0.000000209. The Kier molecular flexibility index (Phi) is 21.7. The number of benzene rings is 3. The molecule has 0 saturated heterocycles. The van der Waals surface area contributed by atoms with E-state index in [9.17, 15) is 24.0 Å². The van der Waals surface area contributed by atoms with Crippen LogP contribution in [-0.4, -0.2) is 89.2 Å². The molecule has 26 nitrogen and oxygen atoms in total. The summed E-state index contributed by atoms with van der Waals surface area (Å²) in [4.78, 5) is 85.8. The smallest absolute Gasteiger partial charge is 0.262 e. The molecule has 9 heterocycles. The minimum absolute atomic E-state index is 0. The number of nitrogens with zero attached hydrogens (tertiary/aromatic N) is 16. The first-order chi connectivity index (χ1) is 41.6. The monoisotopic (exact) mass is 1260 g/mol. The highest BCUT2D eigenvalue weighted by Crippen LogP contribution is 2.24. The van der Waals surface area contributed by atoms with Crippen LogP contribution < -0.4 is 44.5 Å². The van der Waals surface area contributed by atoms with Crippen molar-refractivity contribution < 1.29 is 9.59 Å². The first kappa shape index (κ1) is 68.1. The van der Waals surface area contributed by atoms with E-state index in [1.54, 1.807) is 168 Å². The molecule has 28 heteroatoms. The third-order valence-electron chi connectivity index (χ3n) is 13.4. The van der Waals surface area contributed by atoms with E-state index in [-0.39, 0.29) is 67.8 Å². The summed E-state index contributed by atoms with van der Waals surface area (Å²) in [5, 5.41) is 23.8. The van der Waals surface area contributed by atoms with E-state index in [1.807, 2.05) is 14.1 Å². The van der Waals surface area contributed by atoms with Crippen LogP contribution in [0.1, 0.15) is 116 Å². The maximum atomic E-state index is 13.3. The van der Waals surface area contributed by atoms with Crippen LogP contribution in [0.15, 0.2) is 131 Å². The number of nitrogens with one attached hydrogen (secondary N) is 2. The second kappa shape index (κ2) is 28.6. The molecule has 12 rings (SSSR count). The van der Waals surface area contributed by atoms with Crippen molar-refractivity contribution in [3.8, 4) is 24.2 Å². The molecular weight excluding hydrogens is 1190 g/mol. The number of carbonyl (C=O) groups excluding carboxylic acids is 2. The third kappa shape index (κ3) is 14.0. The van der Waals surface area contributed by atoms with Gasteiger partial charge in [0.2, 0.25) is 0 Å². The molecule has 0 fully saturated rings. The molecule has 3 aromatic carbocycles. The Bertz CT molecular complexity index is 4960. The summed E-state index contributed by atoms with van der Waals surface area (Å²) in [6.45, 7) is 5.26. The number of aryl methyl sites for hydroxylation is 2. The van der Waals surface area contributed by atoms with E-state index in [2.05, 4.69) is 73.7 Å². The van der Waals surface area contributed by atoms with Crippen molar-refractivity contribution in [2.45, 2.75) is 61.2 Å². The molecule has 464 valence electrons. The topological polar surface area (TPSA) is 337 Å². The molecule has 12 aromatic rings. The highest BCUT2D eigenvalue weighted by Gasteiger charge is 2.26. The molecule has 0 unspecified atom stereocenters. The SMILES string of the molecule is C.C.C.C#Cc1cnn(C)c1.C[C@H](N)c1nc2cccc(Cl)c2c(=O)n1C.C[C@H](NC(=O)c1c(N)nn2cccnc12)c1nc2cccc(C#Cc3cnn(C)c3)c2c(=O)n1C.C[C@H](NC(=O)c1c(N)nn2cccnc12)c1nc2cccc(Cl)c2c(=O)n1C. The first-order valence-electron chi connectivity index (χ1n) is 26.4. The lowest BCUT2D eigenvalue weighted by atomic mass is 10.1. The number of halogens is 2. The molecular formula is C62H67Cl2N21O5. The number of anilines is 2. The number of nitrogen functional groups attached to an aromatic ring is 2. The predicted octanol–water partition coefficient (Wildman–Crippen LogP) is 6.80. The summed E-state index contributed by atoms with van der Waals surface area (Å²) in [5.74, 6) is 9.07. The predicted molar refractivity (Wildman–Crippen MR) is 351 cm³/mol. The maximum absolute atomic E-state index is 13.3. The van der Waals surface area contributed by atoms with Gasteiger partial charge in [-0.2, -0.15) is 10.2 Å². The van der Waals surface area contributed by atoms with Crippen LogP contribution in [0.3, 0.4) is 0 Å². The van der Waals surface area contributed by atoms with Crippen molar-refractivity contribution in [2.75, 3.05) is 11.5 Å². The van der Waals surface area contributed by atoms with Gasteiger partial charge in [-0.05, 0) is 69.3 Å². The second-order valence-corrected chi connectivity index (χ2v) is 20.5. The maximum Gasteiger partial charge on any atom is 0.262 e. The quantitative estimate of drug-likeness (QED) is 0.102. The number of rotatable bonds is 7. The first-order valence-corrected chi connectivity index (χ1v) is 27.1. The van der Waals surface area contributed by atoms with Gasteiger partial charge in [0, 0.05) is 78.0 Å². The standard InChI is InChI=1S/C24H21N9O2.C18H16ClN7O2.C11H12ClN3O.C6H6N2.3CH4/c1-14(28-23(34)19-20(25)30-33-11-5-10-26-22(19)33)21-29-17-7-4-6-16(18(17)24(35)32(21)3)9-8-15-12-27-31(2)13-15;1-9(15-23-11-6-3-5-10(19)12(11)18(28)25(15)2)22-17(27)13-14(20)24-26-8-4-7-21-16(13)26;1-6(13)10-14-8-5-3-4-7(12)9(8)11(16)15(10)2;1-3-6-4-7-8(2)5-6;;;/h4-7,10-14H,1-3H3,(H2,25,30)(H,28,34);3-9H,1-2H3,(H2,20,24)(H,22,27);3-6H,13H2,1-2H3;1,4-5H,2H3;3*1H4/t14-;9-;6-;;;;/m000..../s1. The van der Waals surface area contributed by atoms with Crippen molar-refractivity contribution in [2.24, 2.45) is 41.0 Å². The molecule has 0 aliphatic carbocycles. The van der Waals surface area contributed by atoms with Crippen LogP contribution >= 0.6 is 23.2 Å². The molecule has 90 heavy (non-hydrogen) atoms. The van der Waals surface area contributed by atoms with Crippen molar-refractivity contribution in [3.63, 3.8) is 0 Å². The van der Waals surface area contributed by atoms with Gasteiger partial charge in [0.1, 0.15) is 28.6 Å². The van der Waals surface area contributed by atoms with E-state index < -0.39 is 23.9 Å². The normalized spacial score (nSPS) is 11.5. The number of hydrogen-bond donors (Lipinski definition) is 5. The molecule has 8 N–H and O–H groups in total. The summed E-state index contributed by atoms with van der Waals surface area (Å²) in [7, 11) is 8.49. The molecule has 2 amide bonds. The van der Waals surface area contributed by atoms with Gasteiger partial charge >= 0.3 is 0 Å². The van der Waals surface area contributed by atoms with Crippen molar-refractivity contribution in [1.29, 1.82) is 0 Å². The zero-order valence-corrected chi connectivity index (χ0v) is 49.5. The van der Waals surface area contributed by atoms with Crippen LogP contribution in [0.5, 0.6) is 0 Å². The van der Waals surface area contributed by atoms with E-state index in [0.29, 0.717) is 77.1 Å². The van der Waals surface area contributed by atoms with Crippen LogP contribution in [0, 0.1) is 24.2 Å². The van der Waals surface area contributed by atoms with Crippen LogP contribution in [0.25, 0.3) is 44.0 Å². The number of fused-ring (bicyclic) bond motifs is 5. The van der Waals surface area contributed by atoms with Gasteiger partial charge in [-0.15, -0.1) is 16.6 Å². The van der Waals surface area contributed by atoms with Gasteiger partial charge in [0.05, 0.1) is 84.4 Å². The number of nitrogens with two attached hydrogens (primary N) is 3.